The van der Waals surface area contributed by atoms with Gasteiger partial charge < -0.3 is 28.5 Å². The van der Waals surface area contributed by atoms with Crippen molar-refractivity contribution in [2.24, 2.45) is 5.11 Å². The largest absolute Gasteiger partial charge is 0.416 e. The van der Waals surface area contributed by atoms with Crippen molar-refractivity contribution in [3.05, 3.63) is 184 Å². The predicted octanol–water partition coefficient (Wildman–Crippen LogP) is 10.3. The summed E-state index contributed by atoms with van der Waals surface area (Å²) in [6.45, 7) is 11.4. The Balaban J connectivity index is 1.39. The van der Waals surface area contributed by atoms with Gasteiger partial charge in [-0.25, -0.2) is 12.4 Å². The van der Waals surface area contributed by atoms with E-state index in [1.165, 1.54) is 3.97 Å². The highest BCUT2D eigenvalue weighted by molar-refractivity contribution is 7.90. The number of fused-ring (bicyclic) bond motifs is 1. The third kappa shape index (κ3) is 10.9. The molecule has 2 heterocycles. The van der Waals surface area contributed by atoms with Crippen LogP contribution in [0, 0.1) is 0 Å². The summed E-state index contributed by atoms with van der Waals surface area (Å²) in [6.07, 6.45) is -5.47. The Kier molecular flexibility index (Phi) is 15.2. The molecule has 1 aliphatic heterocycles. The van der Waals surface area contributed by atoms with Gasteiger partial charge in [0, 0.05) is 16.9 Å². The van der Waals surface area contributed by atoms with E-state index in [4.69, 9.17) is 23.4 Å². The molecular formula is C50H58N4O8SSi. The Morgan fingerprint density at radius 3 is 1.84 bits per heavy atom. The maximum Gasteiger partial charge on any atom is 0.268 e. The molecule has 0 unspecified atom stereocenters. The van der Waals surface area contributed by atoms with Crippen LogP contribution in [-0.2, 0) is 59.6 Å². The van der Waals surface area contributed by atoms with E-state index in [-0.39, 0.29) is 55.1 Å². The van der Waals surface area contributed by atoms with E-state index in [0.29, 0.717) is 16.5 Å². The number of aromatic nitrogens is 1. The van der Waals surface area contributed by atoms with Gasteiger partial charge in [0.25, 0.3) is 10.0 Å². The van der Waals surface area contributed by atoms with Gasteiger partial charge in [0.2, 0.25) is 0 Å². The number of hydrogen-bond acceptors (Lipinski definition) is 9. The first-order valence-electron chi connectivity index (χ1n) is 21.7. The van der Waals surface area contributed by atoms with Crippen molar-refractivity contribution in [3.63, 3.8) is 0 Å². The summed E-state index contributed by atoms with van der Waals surface area (Å²) in [6, 6.07) is 43.7. The first-order chi connectivity index (χ1) is 30.8. The molecule has 1 saturated heterocycles. The number of aliphatic hydroxyl groups excluding tert-OH is 1. The van der Waals surface area contributed by atoms with Crippen LogP contribution in [0.1, 0.15) is 54.8 Å². The van der Waals surface area contributed by atoms with Gasteiger partial charge in [-0.15, -0.1) is 0 Å². The van der Waals surface area contributed by atoms with Gasteiger partial charge in [0.1, 0.15) is 30.5 Å². The van der Waals surface area contributed by atoms with Crippen molar-refractivity contribution in [1.29, 1.82) is 0 Å². The smallest absolute Gasteiger partial charge is 0.268 e. The van der Waals surface area contributed by atoms with Crippen molar-refractivity contribution in [1.82, 2.24) is 3.97 Å². The van der Waals surface area contributed by atoms with E-state index in [9.17, 15) is 10.6 Å². The van der Waals surface area contributed by atoms with Crippen LogP contribution in [0.25, 0.3) is 21.3 Å². The zero-order chi connectivity index (χ0) is 45.3. The third-order valence-electron chi connectivity index (χ3n) is 12.2. The number of ether oxygens (including phenoxy) is 4. The van der Waals surface area contributed by atoms with E-state index in [0.717, 1.165) is 16.7 Å². The highest BCUT2D eigenvalue weighted by Gasteiger charge is 2.50. The quantitative estimate of drug-likeness (QED) is 0.0365. The van der Waals surface area contributed by atoms with Crippen LogP contribution in [-0.4, -0.2) is 69.5 Å². The minimum absolute atomic E-state index is 0.0193. The van der Waals surface area contributed by atoms with Gasteiger partial charge in [-0.1, -0.05) is 153 Å². The van der Waals surface area contributed by atoms with Crippen molar-refractivity contribution < 1.29 is 36.9 Å². The van der Waals surface area contributed by atoms with Crippen LogP contribution in [0.3, 0.4) is 0 Å². The fourth-order valence-electron chi connectivity index (χ4n) is 7.80. The number of rotatable bonds is 19. The van der Waals surface area contributed by atoms with Gasteiger partial charge in [-0.05, 0) is 70.5 Å². The van der Waals surface area contributed by atoms with Gasteiger partial charge >= 0.3 is 0 Å². The van der Waals surface area contributed by atoms with Crippen molar-refractivity contribution in [3.8, 4) is 0 Å². The lowest BCUT2D eigenvalue weighted by molar-refractivity contribution is -0.264. The standard InChI is InChI=1S/C50H58N4O8SSi/c1-50(2,3)64(4,5)61-34-39(52-53-51)30-42-41-28-18-19-29-43(41)54(63(56,57)40-26-16-9-17-27-40)45(42)48-46(55)49(60-33-38-24-14-8-15-25-38)47(59-32-37-22-12-7-13-23-37)44(62-48)35-58-31-36-20-10-6-11-21-36/h6-29,39,44,46-49,55H,30-35H2,1-5H3/t39-,44-,46-,47-,48+,49-/m0/s1. The zero-order valence-corrected chi connectivity index (χ0v) is 38.9. The van der Waals surface area contributed by atoms with Crippen LogP contribution >= 0.6 is 0 Å². The molecule has 0 amide bonds. The topological polar surface area (TPSA) is 154 Å². The van der Waals surface area contributed by atoms with Gasteiger partial charge in [-0.3, -0.25) is 0 Å². The first-order valence-corrected chi connectivity index (χ1v) is 26.0. The maximum atomic E-state index is 15.2. The Hall–Kier alpha value is -5.12. The number of nitrogens with zero attached hydrogens (tertiary/aromatic N) is 4. The van der Waals surface area contributed by atoms with Gasteiger partial charge in [0.15, 0.2) is 8.32 Å². The number of para-hydroxylation sites is 1. The van der Waals surface area contributed by atoms with Crippen LogP contribution in [0.15, 0.2) is 156 Å². The SMILES string of the molecule is CC(C)(C)[Si](C)(C)OC[C@H](Cc1c([C@H]2O[C@@H](COCc3ccccc3)[C@H](OCc3ccccc3)[C@@H](OCc3ccccc3)[C@H]2O)n(S(=O)(=O)c2ccccc2)c2ccccc12)N=[N+]=[N-]. The average Bonchev–Trinajstić information content (AvgIpc) is 3.62. The fraction of sp³-hybridized carbons (Fsp3) is 0.360. The highest BCUT2D eigenvalue weighted by Crippen LogP contribution is 2.43. The number of hydrogen-bond donors (Lipinski definition) is 1. The molecule has 0 radical (unpaired) electrons. The summed E-state index contributed by atoms with van der Waals surface area (Å²) in [5.74, 6) is 0. The Labute approximate surface area is 377 Å². The summed E-state index contributed by atoms with van der Waals surface area (Å²) in [7, 11) is -6.68. The Bertz CT molecular complexity index is 2590. The molecule has 64 heavy (non-hydrogen) atoms. The molecular weight excluding hydrogens is 845 g/mol. The average molecular weight is 903 g/mol. The third-order valence-corrected chi connectivity index (χ3v) is 18.5. The first kappa shape index (κ1) is 46.9. The Morgan fingerprint density at radius 1 is 0.766 bits per heavy atom. The second-order valence-corrected chi connectivity index (χ2v) is 24.3. The van der Waals surface area contributed by atoms with E-state index in [1.54, 1.807) is 42.5 Å². The summed E-state index contributed by atoms with van der Waals surface area (Å²) in [5, 5.41) is 17.6. The summed E-state index contributed by atoms with van der Waals surface area (Å²) in [5.41, 5.74) is 13.7. The van der Waals surface area contributed by atoms with Crippen LogP contribution in [0.2, 0.25) is 18.1 Å². The molecule has 5 aromatic carbocycles. The minimum Gasteiger partial charge on any atom is -0.416 e. The number of benzene rings is 5. The van der Waals surface area contributed by atoms with Crippen molar-refractivity contribution >= 4 is 29.2 Å². The lowest BCUT2D eigenvalue weighted by Gasteiger charge is -2.45. The normalized spacial score (nSPS) is 19.9. The lowest BCUT2D eigenvalue weighted by Crippen LogP contribution is -2.58. The maximum absolute atomic E-state index is 15.2. The summed E-state index contributed by atoms with van der Waals surface area (Å²) < 4.78 is 65.1. The van der Waals surface area contributed by atoms with E-state index >= 15 is 8.42 Å². The van der Waals surface area contributed by atoms with E-state index in [1.807, 2.05) is 103 Å². The molecule has 6 aromatic rings. The van der Waals surface area contributed by atoms with Gasteiger partial charge in [-0.2, -0.15) is 0 Å². The molecule has 1 fully saturated rings. The van der Waals surface area contributed by atoms with Crippen LogP contribution < -0.4 is 0 Å². The zero-order valence-electron chi connectivity index (χ0n) is 37.1. The Morgan fingerprint density at radius 2 is 1.28 bits per heavy atom. The molecule has 14 heteroatoms. The second kappa shape index (κ2) is 20.8. The molecule has 336 valence electrons. The predicted molar refractivity (Wildman–Crippen MR) is 251 cm³/mol. The highest BCUT2D eigenvalue weighted by atomic mass is 32.2. The monoisotopic (exact) mass is 902 g/mol. The van der Waals surface area contributed by atoms with Gasteiger partial charge in [0.05, 0.1) is 48.6 Å². The number of azide groups is 1. The molecule has 12 nitrogen and oxygen atoms in total. The lowest BCUT2D eigenvalue weighted by atomic mass is 9.90. The van der Waals surface area contributed by atoms with E-state index in [2.05, 4.69) is 43.9 Å². The molecule has 0 spiro atoms. The second-order valence-electron chi connectivity index (χ2n) is 17.7. The molecule has 1 N–H and O–H groups in total. The van der Waals surface area contributed by atoms with Crippen molar-refractivity contribution in [2.75, 3.05) is 13.2 Å². The van der Waals surface area contributed by atoms with Crippen molar-refractivity contribution in [2.45, 2.75) is 107 Å². The van der Waals surface area contributed by atoms with Crippen LogP contribution in [0.5, 0.6) is 0 Å². The molecule has 0 saturated carbocycles. The molecule has 7 rings (SSSR count). The molecule has 1 aromatic heterocycles. The van der Waals surface area contributed by atoms with Crippen LogP contribution in [0.4, 0.5) is 0 Å². The summed E-state index contributed by atoms with van der Waals surface area (Å²) in [4.78, 5) is 3.28. The molecule has 0 aliphatic carbocycles. The minimum atomic E-state index is -4.36. The summed E-state index contributed by atoms with van der Waals surface area (Å²) >= 11 is 0. The fourth-order valence-corrected chi connectivity index (χ4v) is 10.4. The molecule has 0 bridgehead atoms. The molecule has 6 atom stereocenters. The van der Waals surface area contributed by atoms with E-state index < -0.39 is 54.9 Å². The number of aliphatic hydroxyl groups is 1. The molecule has 1 aliphatic rings.